The van der Waals surface area contributed by atoms with Crippen molar-refractivity contribution in [2.24, 2.45) is 11.3 Å². The molecule has 0 aromatic rings. The number of ether oxygens (including phenoxy) is 1. The molecular formula is C8H12O3. The van der Waals surface area contributed by atoms with Gasteiger partial charge in [-0.2, -0.15) is 0 Å². The Hall–Kier alpha value is -0.990. The lowest BCUT2D eigenvalue weighted by Gasteiger charge is -2.23. The van der Waals surface area contributed by atoms with Crippen molar-refractivity contribution in [2.75, 3.05) is 0 Å². The smallest absolute Gasteiger partial charge is 0.322 e. The third-order valence-corrected chi connectivity index (χ3v) is 1.69. The standard InChI is InChI=1S/C8H12O3/c1-8(2,3)6-5(9)4-11-7(6)10/h4,6,9H,1-3H3. The number of aliphatic hydroxyl groups excluding tert-OH is 1. The van der Waals surface area contributed by atoms with E-state index >= 15 is 0 Å². The second-order valence-electron chi connectivity index (χ2n) is 3.78. The zero-order chi connectivity index (χ0) is 8.65. The number of hydrogen-bond acceptors (Lipinski definition) is 3. The molecule has 3 heteroatoms. The summed E-state index contributed by atoms with van der Waals surface area (Å²) >= 11 is 0. The molecule has 0 aromatic carbocycles. The van der Waals surface area contributed by atoms with Gasteiger partial charge in [0.1, 0.15) is 17.9 Å². The van der Waals surface area contributed by atoms with Gasteiger partial charge in [-0.15, -0.1) is 0 Å². The van der Waals surface area contributed by atoms with Crippen molar-refractivity contribution in [3.63, 3.8) is 0 Å². The summed E-state index contributed by atoms with van der Waals surface area (Å²) in [7, 11) is 0. The predicted octanol–water partition coefficient (Wildman–Crippen LogP) is 1.60. The van der Waals surface area contributed by atoms with Gasteiger partial charge in [0.2, 0.25) is 0 Å². The lowest BCUT2D eigenvalue weighted by molar-refractivity contribution is -0.142. The average molecular weight is 156 g/mol. The summed E-state index contributed by atoms with van der Waals surface area (Å²) in [5.74, 6) is -0.833. The van der Waals surface area contributed by atoms with Crippen molar-refractivity contribution in [3.8, 4) is 0 Å². The molecule has 0 saturated carbocycles. The Morgan fingerprint density at radius 2 is 2.09 bits per heavy atom. The van der Waals surface area contributed by atoms with E-state index in [0.717, 1.165) is 6.26 Å². The molecular weight excluding hydrogens is 144 g/mol. The number of carbonyl (C=O) groups excluding carboxylic acids is 1. The lowest BCUT2D eigenvalue weighted by Crippen LogP contribution is -2.27. The highest BCUT2D eigenvalue weighted by Crippen LogP contribution is 2.34. The molecule has 1 unspecified atom stereocenters. The number of cyclic esters (lactones) is 1. The van der Waals surface area contributed by atoms with Crippen molar-refractivity contribution in [1.29, 1.82) is 0 Å². The average Bonchev–Trinajstić information content (AvgIpc) is 2.08. The van der Waals surface area contributed by atoms with Gasteiger partial charge in [0, 0.05) is 0 Å². The van der Waals surface area contributed by atoms with Crippen molar-refractivity contribution in [1.82, 2.24) is 0 Å². The minimum Gasteiger partial charge on any atom is -0.508 e. The molecule has 1 rings (SSSR count). The minimum absolute atomic E-state index is 0.0301. The van der Waals surface area contributed by atoms with Crippen molar-refractivity contribution in [3.05, 3.63) is 12.0 Å². The van der Waals surface area contributed by atoms with Crippen LogP contribution in [0.4, 0.5) is 0 Å². The van der Waals surface area contributed by atoms with Gasteiger partial charge in [0.25, 0.3) is 0 Å². The molecule has 3 nitrogen and oxygen atoms in total. The first-order valence-corrected chi connectivity index (χ1v) is 3.52. The fourth-order valence-electron chi connectivity index (χ4n) is 1.17. The van der Waals surface area contributed by atoms with Crippen LogP contribution in [0.2, 0.25) is 0 Å². The van der Waals surface area contributed by atoms with Crippen LogP contribution in [-0.4, -0.2) is 11.1 Å². The van der Waals surface area contributed by atoms with Gasteiger partial charge in [-0.05, 0) is 5.41 Å². The number of esters is 1. The van der Waals surface area contributed by atoms with E-state index < -0.39 is 5.92 Å². The summed E-state index contributed by atoms with van der Waals surface area (Å²) in [5.41, 5.74) is -0.270. The highest BCUT2D eigenvalue weighted by molar-refractivity contribution is 5.79. The van der Waals surface area contributed by atoms with Gasteiger partial charge >= 0.3 is 5.97 Å². The van der Waals surface area contributed by atoms with E-state index in [9.17, 15) is 9.90 Å². The molecule has 62 valence electrons. The second kappa shape index (κ2) is 2.26. The van der Waals surface area contributed by atoms with Crippen LogP contribution in [0.15, 0.2) is 12.0 Å². The molecule has 0 aliphatic carbocycles. The van der Waals surface area contributed by atoms with Gasteiger partial charge < -0.3 is 9.84 Å². The molecule has 0 amide bonds. The Kier molecular flexibility index (Phi) is 1.66. The van der Waals surface area contributed by atoms with E-state index in [1.54, 1.807) is 0 Å². The number of aliphatic hydroxyl groups is 1. The van der Waals surface area contributed by atoms with Gasteiger partial charge in [-0.3, -0.25) is 4.79 Å². The Balaban J connectivity index is 2.87. The van der Waals surface area contributed by atoms with E-state index in [0.29, 0.717) is 0 Å². The topological polar surface area (TPSA) is 46.5 Å². The van der Waals surface area contributed by atoms with Crippen LogP contribution < -0.4 is 0 Å². The highest BCUT2D eigenvalue weighted by atomic mass is 16.5. The first-order valence-electron chi connectivity index (χ1n) is 3.52. The van der Waals surface area contributed by atoms with E-state index in [4.69, 9.17) is 0 Å². The quantitative estimate of drug-likeness (QED) is 0.542. The van der Waals surface area contributed by atoms with Crippen molar-refractivity contribution >= 4 is 5.97 Å². The van der Waals surface area contributed by atoms with Crippen molar-refractivity contribution in [2.45, 2.75) is 20.8 Å². The molecule has 1 heterocycles. The summed E-state index contributed by atoms with van der Waals surface area (Å²) in [5, 5.41) is 9.21. The monoisotopic (exact) mass is 156 g/mol. The van der Waals surface area contributed by atoms with Crippen LogP contribution in [0.1, 0.15) is 20.8 Å². The molecule has 0 fully saturated rings. The van der Waals surface area contributed by atoms with Crippen LogP contribution in [0, 0.1) is 11.3 Å². The Morgan fingerprint density at radius 1 is 1.55 bits per heavy atom. The molecule has 0 saturated heterocycles. The predicted molar refractivity (Wildman–Crippen MR) is 39.7 cm³/mol. The van der Waals surface area contributed by atoms with Crippen LogP contribution in [0.3, 0.4) is 0 Å². The van der Waals surface area contributed by atoms with Crippen LogP contribution in [0.25, 0.3) is 0 Å². The molecule has 1 N–H and O–H groups in total. The van der Waals surface area contributed by atoms with Gasteiger partial charge in [-0.1, -0.05) is 20.8 Å². The molecule has 11 heavy (non-hydrogen) atoms. The molecule has 1 aliphatic heterocycles. The number of hydrogen-bond donors (Lipinski definition) is 1. The molecule has 1 aliphatic rings. The van der Waals surface area contributed by atoms with Gasteiger partial charge in [-0.25, -0.2) is 0 Å². The molecule has 0 radical (unpaired) electrons. The highest BCUT2D eigenvalue weighted by Gasteiger charge is 2.39. The third-order valence-electron chi connectivity index (χ3n) is 1.69. The zero-order valence-corrected chi connectivity index (χ0v) is 6.92. The first kappa shape index (κ1) is 8.11. The van der Waals surface area contributed by atoms with E-state index in [2.05, 4.69) is 4.74 Å². The summed E-state index contributed by atoms with van der Waals surface area (Å²) < 4.78 is 4.55. The van der Waals surface area contributed by atoms with Crippen LogP contribution in [-0.2, 0) is 9.53 Å². The van der Waals surface area contributed by atoms with Gasteiger partial charge in [0.05, 0.1) is 0 Å². The summed E-state index contributed by atoms with van der Waals surface area (Å²) in [6.45, 7) is 5.65. The molecule has 1 atom stereocenters. The maximum absolute atomic E-state index is 11.0. The zero-order valence-electron chi connectivity index (χ0n) is 6.92. The lowest BCUT2D eigenvalue weighted by atomic mass is 9.80. The van der Waals surface area contributed by atoms with Crippen LogP contribution >= 0.6 is 0 Å². The van der Waals surface area contributed by atoms with E-state index in [-0.39, 0.29) is 17.1 Å². The number of rotatable bonds is 0. The molecule has 0 bridgehead atoms. The largest absolute Gasteiger partial charge is 0.508 e. The minimum atomic E-state index is -0.498. The fraction of sp³-hybridized carbons (Fsp3) is 0.625. The van der Waals surface area contributed by atoms with Crippen LogP contribution in [0.5, 0.6) is 0 Å². The Bertz CT molecular complexity index is 210. The Morgan fingerprint density at radius 3 is 2.27 bits per heavy atom. The summed E-state index contributed by atoms with van der Waals surface area (Å²) in [6.07, 6.45) is 1.11. The third kappa shape index (κ3) is 1.37. The Labute approximate surface area is 65.7 Å². The van der Waals surface area contributed by atoms with E-state index in [1.807, 2.05) is 20.8 Å². The summed E-state index contributed by atoms with van der Waals surface area (Å²) in [4.78, 5) is 11.0. The second-order valence-corrected chi connectivity index (χ2v) is 3.78. The molecule has 0 aromatic heterocycles. The van der Waals surface area contributed by atoms with Crippen molar-refractivity contribution < 1.29 is 14.6 Å². The summed E-state index contributed by atoms with van der Waals surface area (Å²) in [6, 6.07) is 0. The SMILES string of the molecule is CC(C)(C)C1C(=O)OC=C1O. The number of carbonyl (C=O) groups is 1. The normalized spacial score (nSPS) is 24.8. The maximum atomic E-state index is 11.0. The van der Waals surface area contributed by atoms with Gasteiger partial charge in [0.15, 0.2) is 0 Å². The fourth-order valence-corrected chi connectivity index (χ4v) is 1.17. The molecule has 0 spiro atoms. The first-order chi connectivity index (χ1) is 4.93. The van der Waals surface area contributed by atoms with E-state index in [1.165, 1.54) is 0 Å². The maximum Gasteiger partial charge on any atom is 0.322 e.